The van der Waals surface area contributed by atoms with Crippen molar-refractivity contribution in [1.29, 1.82) is 0 Å². The minimum absolute atomic E-state index is 0.0256. The summed E-state index contributed by atoms with van der Waals surface area (Å²) < 4.78 is 18.9. The lowest BCUT2D eigenvalue weighted by atomic mass is 10.1. The molecule has 27 heavy (non-hydrogen) atoms. The van der Waals surface area contributed by atoms with Crippen molar-refractivity contribution in [3.63, 3.8) is 0 Å². The van der Waals surface area contributed by atoms with Crippen LogP contribution in [0.1, 0.15) is 21.5 Å². The molecule has 0 aliphatic carbocycles. The predicted octanol–water partition coefficient (Wildman–Crippen LogP) is 3.12. The highest BCUT2D eigenvalue weighted by molar-refractivity contribution is 9.10. The van der Waals surface area contributed by atoms with Crippen molar-refractivity contribution in [3.8, 4) is 0 Å². The highest BCUT2D eigenvalue weighted by atomic mass is 79.9. The molecule has 2 amide bonds. The first-order chi connectivity index (χ1) is 12.7. The second kappa shape index (κ2) is 9.27. The van der Waals surface area contributed by atoms with E-state index in [1.165, 1.54) is 12.1 Å². The van der Waals surface area contributed by atoms with Gasteiger partial charge >= 0.3 is 5.97 Å². The van der Waals surface area contributed by atoms with Crippen molar-refractivity contribution in [1.82, 2.24) is 5.32 Å². The Bertz CT molecular complexity index is 866. The smallest absolute Gasteiger partial charge is 0.325 e. The van der Waals surface area contributed by atoms with Gasteiger partial charge in [-0.15, -0.1) is 0 Å². The SMILES string of the molecule is Cc1cc(C)cc(C(=O)NCC(=O)OCC(=O)Nc2ccc(Br)cc2F)c1. The first-order valence-corrected chi connectivity index (χ1v) is 8.81. The number of esters is 1. The predicted molar refractivity (Wildman–Crippen MR) is 102 cm³/mol. The molecule has 0 unspecified atom stereocenters. The van der Waals surface area contributed by atoms with Gasteiger partial charge in [0, 0.05) is 10.0 Å². The van der Waals surface area contributed by atoms with Gasteiger partial charge in [0.2, 0.25) is 0 Å². The molecule has 0 saturated carbocycles. The Morgan fingerprint density at radius 2 is 1.74 bits per heavy atom. The highest BCUT2D eigenvalue weighted by Crippen LogP contribution is 2.19. The Kier molecular flexibility index (Phi) is 7.06. The van der Waals surface area contributed by atoms with Crippen molar-refractivity contribution in [3.05, 3.63) is 63.4 Å². The first kappa shape index (κ1) is 20.6. The van der Waals surface area contributed by atoms with Crippen molar-refractivity contribution < 1.29 is 23.5 Å². The molecule has 0 bridgehead atoms. The van der Waals surface area contributed by atoms with Crippen LogP contribution in [0.5, 0.6) is 0 Å². The van der Waals surface area contributed by atoms with Gasteiger partial charge in [-0.1, -0.05) is 33.1 Å². The van der Waals surface area contributed by atoms with Gasteiger partial charge in [0.1, 0.15) is 12.4 Å². The van der Waals surface area contributed by atoms with Crippen LogP contribution in [-0.2, 0) is 14.3 Å². The normalized spacial score (nSPS) is 10.2. The minimum atomic E-state index is -0.779. The Hall–Kier alpha value is -2.74. The third-order valence-electron chi connectivity index (χ3n) is 3.45. The average Bonchev–Trinajstić information content (AvgIpc) is 2.59. The molecule has 0 saturated heterocycles. The van der Waals surface area contributed by atoms with E-state index < -0.39 is 30.2 Å². The molecule has 0 fully saturated rings. The number of aryl methyl sites for hydroxylation is 2. The lowest BCUT2D eigenvalue weighted by Crippen LogP contribution is -2.32. The standard InChI is InChI=1S/C19H18BrFN2O4/c1-11-5-12(2)7-13(6-11)19(26)22-9-18(25)27-10-17(24)23-16-4-3-14(20)8-15(16)21/h3-8H,9-10H2,1-2H3,(H,22,26)(H,23,24). The minimum Gasteiger partial charge on any atom is -0.454 e. The number of halogens is 2. The zero-order valence-electron chi connectivity index (χ0n) is 14.8. The van der Waals surface area contributed by atoms with Crippen LogP contribution in [0, 0.1) is 19.7 Å². The van der Waals surface area contributed by atoms with Crippen LogP contribution in [0.25, 0.3) is 0 Å². The molecule has 0 aromatic heterocycles. The second-order valence-corrected chi connectivity index (χ2v) is 6.81. The van der Waals surface area contributed by atoms with E-state index in [0.717, 1.165) is 11.1 Å². The molecule has 142 valence electrons. The monoisotopic (exact) mass is 436 g/mol. The van der Waals surface area contributed by atoms with E-state index in [4.69, 9.17) is 4.74 Å². The Morgan fingerprint density at radius 1 is 1.07 bits per heavy atom. The summed E-state index contributed by atoms with van der Waals surface area (Å²) >= 11 is 3.11. The molecule has 0 spiro atoms. The second-order valence-electron chi connectivity index (χ2n) is 5.89. The summed E-state index contributed by atoms with van der Waals surface area (Å²) in [6.07, 6.45) is 0. The lowest BCUT2D eigenvalue weighted by Gasteiger charge is -2.09. The molecule has 0 heterocycles. The molecule has 0 atom stereocenters. The maximum Gasteiger partial charge on any atom is 0.325 e. The summed E-state index contributed by atoms with van der Waals surface area (Å²) in [6.45, 7) is 2.76. The van der Waals surface area contributed by atoms with Gasteiger partial charge in [0.25, 0.3) is 11.8 Å². The molecule has 0 aliphatic rings. The molecule has 2 aromatic rings. The quantitative estimate of drug-likeness (QED) is 0.681. The van der Waals surface area contributed by atoms with Crippen LogP contribution in [0.2, 0.25) is 0 Å². The summed E-state index contributed by atoms with van der Waals surface area (Å²) in [7, 11) is 0. The fourth-order valence-electron chi connectivity index (χ4n) is 2.33. The third-order valence-corrected chi connectivity index (χ3v) is 3.94. The van der Waals surface area contributed by atoms with E-state index in [0.29, 0.717) is 10.0 Å². The van der Waals surface area contributed by atoms with E-state index in [2.05, 4.69) is 26.6 Å². The fourth-order valence-corrected chi connectivity index (χ4v) is 2.67. The first-order valence-electron chi connectivity index (χ1n) is 8.01. The number of amides is 2. The van der Waals surface area contributed by atoms with E-state index in [-0.39, 0.29) is 12.2 Å². The van der Waals surface area contributed by atoms with Crippen LogP contribution in [-0.4, -0.2) is 30.9 Å². The number of benzene rings is 2. The number of hydrogen-bond donors (Lipinski definition) is 2. The van der Waals surface area contributed by atoms with Crippen LogP contribution in [0.15, 0.2) is 40.9 Å². The molecule has 8 heteroatoms. The Labute approximate surface area is 164 Å². The van der Waals surface area contributed by atoms with Crippen molar-refractivity contribution in [2.24, 2.45) is 0 Å². The number of nitrogens with one attached hydrogen (secondary N) is 2. The molecule has 0 aliphatic heterocycles. The van der Waals surface area contributed by atoms with Gasteiger partial charge in [-0.25, -0.2) is 4.39 Å². The van der Waals surface area contributed by atoms with Gasteiger partial charge in [0.15, 0.2) is 6.61 Å². The fraction of sp³-hybridized carbons (Fsp3) is 0.211. The Balaban J connectivity index is 1.78. The zero-order chi connectivity index (χ0) is 20.0. The van der Waals surface area contributed by atoms with Crippen LogP contribution >= 0.6 is 15.9 Å². The van der Waals surface area contributed by atoms with Gasteiger partial charge in [-0.3, -0.25) is 14.4 Å². The number of ether oxygens (including phenoxy) is 1. The molecular weight excluding hydrogens is 419 g/mol. The van der Waals surface area contributed by atoms with Crippen molar-refractivity contribution in [2.75, 3.05) is 18.5 Å². The maximum atomic E-state index is 13.6. The molecule has 6 nitrogen and oxygen atoms in total. The zero-order valence-corrected chi connectivity index (χ0v) is 16.4. The summed E-state index contributed by atoms with van der Waals surface area (Å²) in [5.74, 6) is -2.51. The number of anilines is 1. The van der Waals surface area contributed by atoms with Crippen LogP contribution in [0.3, 0.4) is 0 Å². The average molecular weight is 437 g/mol. The Morgan fingerprint density at radius 3 is 2.37 bits per heavy atom. The molecule has 0 radical (unpaired) electrons. The summed E-state index contributed by atoms with van der Waals surface area (Å²) in [5, 5.41) is 4.73. The van der Waals surface area contributed by atoms with Crippen molar-refractivity contribution in [2.45, 2.75) is 13.8 Å². The highest BCUT2D eigenvalue weighted by Gasteiger charge is 2.13. The van der Waals surface area contributed by atoms with Crippen molar-refractivity contribution >= 4 is 39.4 Å². The number of carbonyl (C=O) groups excluding carboxylic acids is 3. The van der Waals surface area contributed by atoms with Crippen LogP contribution < -0.4 is 10.6 Å². The summed E-state index contributed by atoms with van der Waals surface area (Å²) in [6, 6.07) is 9.47. The molecular formula is C19H18BrFN2O4. The van der Waals surface area contributed by atoms with Gasteiger partial charge < -0.3 is 15.4 Å². The lowest BCUT2D eigenvalue weighted by molar-refractivity contribution is -0.146. The number of rotatable bonds is 6. The largest absolute Gasteiger partial charge is 0.454 e. The van der Waals surface area contributed by atoms with E-state index in [9.17, 15) is 18.8 Å². The topological polar surface area (TPSA) is 84.5 Å². The molecule has 2 rings (SSSR count). The van der Waals surface area contributed by atoms with Crippen LogP contribution in [0.4, 0.5) is 10.1 Å². The molecule has 2 aromatic carbocycles. The maximum absolute atomic E-state index is 13.6. The van der Waals surface area contributed by atoms with E-state index in [1.54, 1.807) is 18.2 Å². The van der Waals surface area contributed by atoms with Gasteiger partial charge in [0.05, 0.1) is 5.69 Å². The molecule has 2 N–H and O–H groups in total. The number of hydrogen-bond acceptors (Lipinski definition) is 4. The van der Waals surface area contributed by atoms with Gasteiger partial charge in [-0.2, -0.15) is 0 Å². The van der Waals surface area contributed by atoms with E-state index >= 15 is 0 Å². The van der Waals surface area contributed by atoms with Gasteiger partial charge in [-0.05, 0) is 44.2 Å². The summed E-state index contributed by atoms with van der Waals surface area (Å²) in [5.41, 5.74) is 2.27. The number of carbonyl (C=O) groups is 3. The summed E-state index contributed by atoms with van der Waals surface area (Å²) in [4.78, 5) is 35.5. The van der Waals surface area contributed by atoms with E-state index in [1.807, 2.05) is 19.9 Å². The third kappa shape index (κ3) is 6.49.